The molecule has 136 valence electrons. The van der Waals surface area contributed by atoms with Crippen molar-refractivity contribution < 1.29 is 18.8 Å². The van der Waals surface area contributed by atoms with Crippen molar-refractivity contribution in [2.24, 2.45) is 0 Å². The lowest BCUT2D eigenvalue weighted by Crippen LogP contribution is -2.34. The normalized spacial score (nSPS) is 10.4. The third kappa shape index (κ3) is 5.10. The summed E-state index contributed by atoms with van der Waals surface area (Å²) in [6, 6.07) is 5.40. The van der Waals surface area contributed by atoms with Crippen LogP contribution in [0, 0.1) is 6.92 Å². The van der Waals surface area contributed by atoms with Crippen molar-refractivity contribution >= 4 is 11.6 Å². The van der Waals surface area contributed by atoms with Crippen LogP contribution in [-0.2, 0) is 11.3 Å². The molecule has 0 radical (unpaired) electrons. The van der Waals surface area contributed by atoms with Crippen LogP contribution in [0.2, 0.25) is 0 Å². The van der Waals surface area contributed by atoms with Crippen molar-refractivity contribution in [3.05, 3.63) is 29.9 Å². The monoisotopic (exact) mass is 348 g/mol. The van der Waals surface area contributed by atoms with E-state index >= 15 is 0 Å². The molecule has 0 aliphatic rings. The van der Waals surface area contributed by atoms with Crippen molar-refractivity contribution in [1.82, 2.24) is 15.0 Å². The van der Waals surface area contributed by atoms with Gasteiger partial charge in [0.1, 0.15) is 0 Å². The Morgan fingerprint density at radius 2 is 2.04 bits per heavy atom. The second kappa shape index (κ2) is 8.91. The van der Waals surface area contributed by atoms with Gasteiger partial charge in [-0.2, -0.15) is 4.98 Å². The molecule has 8 heteroatoms. The summed E-state index contributed by atoms with van der Waals surface area (Å²) in [6.45, 7) is 7.30. The van der Waals surface area contributed by atoms with Crippen LogP contribution in [0.5, 0.6) is 11.5 Å². The number of likely N-dealkylation sites (N-methyl/N-ethyl adjacent to an activating group) is 1. The van der Waals surface area contributed by atoms with Crippen LogP contribution in [0.25, 0.3) is 0 Å². The minimum atomic E-state index is -0.0632. The molecule has 0 aliphatic carbocycles. The molecule has 25 heavy (non-hydrogen) atoms. The molecule has 0 bridgehead atoms. The second-order valence-corrected chi connectivity index (χ2v) is 5.31. The SMILES string of the molecule is CCN(CC)C(=O)COc1cc(NCc2nc(C)no2)ccc1OC. The Hall–Kier alpha value is -2.77. The Morgan fingerprint density at radius 3 is 2.64 bits per heavy atom. The first-order valence-corrected chi connectivity index (χ1v) is 8.19. The Morgan fingerprint density at radius 1 is 1.28 bits per heavy atom. The fourth-order valence-corrected chi connectivity index (χ4v) is 2.30. The van der Waals surface area contributed by atoms with E-state index in [1.54, 1.807) is 31.1 Å². The van der Waals surface area contributed by atoms with Gasteiger partial charge in [0.15, 0.2) is 23.9 Å². The molecule has 2 rings (SSSR count). The number of ether oxygens (including phenoxy) is 2. The molecular weight excluding hydrogens is 324 g/mol. The van der Waals surface area contributed by atoms with E-state index in [0.717, 1.165) is 5.69 Å². The predicted molar refractivity (Wildman–Crippen MR) is 92.8 cm³/mol. The van der Waals surface area contributed by atoms with Crippen LogP contribution in [-0.4, -0.2) is 47.8 Å². The summed E-state index contributed by atoms with van der Waals surface area (Å²) in [5, 5.41) is 6.91. The molecule has 0 aliphatic heterocycles. The highest BCUT2D eigenvalue weighted by molar-refractivity contribution is 5.77. The number of methoxy groups -OCH3 is 1. The second-order valence-electron chi connectivity index (χ2n) is 5.31. The molecule has 1 heterocycles. The zero-order valence-electron chi connectivity index (χ0n) is 15.0. The molecule has 2 aromatic rings. The van der Waals surface area contributed by atoms with Crippen LogP contribution in [0.4, 0.5) is 5.69 Å². The number of rotatable bonds is 9. The number of amides is 1. The van der Waals surface area contributed by atoms with Gasteiger partial charge in [-0.05, 0) is 32.9 Å². The number of aryl methyl sites for hydroxylation is 1. The molecule has 0 unspecified atom stereocenters. The zero-order valence-corrected chi connectivity index (χ0v) is 15.0. The van der Waals surface area contributed by atoms with Crippen LogP contribution in [0.3, 0.4) is 0 Å². The van der Waals surface area contributed by atoms with Crippen molar-refractivity contribution in [1.29, 1.82) is 0 Å². The molecule has 8 nitrogen and oxygen atoms in total. The number of anilines is 1. The first-order chi connectivity index (χ1) is 12.1. The van der Waals surface area contributed by atoms with E-state index < -0.39 is 0 Å². The van der Waals surface area contributed by atoms with Crippen LogP contribution >= 0.6 is 0 Å². The van der Waals surface area contributed by atoms with Crippen molar-refractivity contribution in [3.8, 4) is 11.5 Å². The highest BCUT2D eigenvalue weighted by Crippen LogP contribution is 2.30. The largest absolute Gasteiger partial charge is 0.493 e. The summed E-state index contributed by atoms with van der Waals surface area (Å²) in [4.78, 5) is 17.9. The zero-order chi connectivity index (χ0) is 18.2. The molecule has 0 fully saturated rings. The van der Waals surface area contributed by atoms with Gasteiger partial charge in [-0.3, -0.25) is 4.79 Å². The Balaban J connectivity index is 2.02. The van der Waals surface area contributed by atoms with E-state index in [4.69, 9.17) is 14.0 Å². The molecule has 0 saturated heterocycles. The average molecular weight is 348 g/mol. The van der Waals surface area contributed by atoms with Gasteiger partial charge in [0.2, 0.25) is 5.89 Å². The summed E-state index contributed by atoms with van der Waals surface area (Å²) in [7, 11) is 1.56. The molecule has 1 amide bonds. The third-order valence-corrected chi connectivity index (χ3v) is 3.64. The van der Waals surface area contributed by atoms with E-state index in [0.29, 0.717) is 42.8 Å². The summed E-state index contributed by atoms with van der Waals surface area (Å²) in [5.41, 5.74) is 0.793. The van der Waals surface area contributed by atoms with Gasteiger partial charge >= 0.3 is 0 Å². The molecule has 1 aromatic heterocycles. The number of benzene rings is 1. The summed E-state index contributed by atoms with van der Waals surface area (Å²) >= 11 is 0. The Labute approximate surface area is 147 Å². The van der Waals surface area contributed by atoms with E-state index in [-0.39, 0.29) is 12.5 Å². The highest BCUT2D eigenvalue weighted by atomic mass is 16.5. The van der Waals surface area contributed by atoms with Gasteiger partial charge in [0.05, 0.1) is 13.7 Å². The summed E-state index contributed by atoms with van der Waals surface area (Å²) in [5.74, 6) is 2.07. The fourth-order valence-electron chi connectivity index (χ4n) is 2.30. The van der Waals surface area contributed by atoms with Crippen molar-refractivity contribution in [2.75, 3.05) is 32.1 Å². The number of nitrogens with zero attached hydrogens (tertiary/aromatic N) is 3. The first-order valence-electron chi connectivity index (χ1n) is 8.19. The average Bonchev–Trinajstić information content (AvgIpc) is 3.04. The first kappa shape index (κ1) is 18.6. The predicted octanol–water partition coefficient (Wildman–Crippen LogP) is 2.25. The van der Waals surface area contributed by atoms with Crippen molar-refractivity contribution in [2.45, 2.75) is 27.3 Å². The van der Waals surface area contributed by atoms with E-state index in [2.05, 4.69) is 15.5 Å². The number of hydrogen-bond donors (Lipinski definition) is 1. The molecule has 0 saturated carbocycles. The number of nitrogens with one attached hydrogen (secondary N) is 1. The van der Waals surface area contributed by atoms with Gasteiger partial charge in [0, 0.05) is 24.8 Å². The van der Waals surface area contributed by atoms with E-state index in [1.807, 2.05) is 19.9 Å². The molecule has 0 atom stereocenters. The maximum Gasteiger partial charge on any atom is 0.260 e. The van der Waals surface area contributed by atoms with Gasteiger partial charge in [-0.25, -0.2) is 0 Å². The van der Waals surface area contributed by atoms with Crippen LogP contribution in [0.15, 0.2) is 22.7 Å². The molecule has 0 spiro atoms. The topological polar surface area (TPSA) is 89.7 Å². The lowest BCUT2D eigenvalue weighted by atomic mass is 10.2. The number of carbonyl (C=O) groups excluding carboxylic acids is 1. The standard InChI is InChI=1S/C17H24N4O4/c1-5-21(6-2)17(22)11-24-15-9-13(7-8-14(15)23-4)18-10-16-19-12(3)20-25-16/h7-9,18H,5-6,10-11H2,1-4H3. The third-order valence-electron chi connectivity index (χ3n) is 3.64. The van der Waals surface area contributed by atoms with Gasteiger partial charge in [0.25, 0.3) is 5.91 Å². The maximum atomic E-state index is 12.1. The van der Waals surface area contributed by atoms with Crippen LogP contribution in [0.1, 0.15) is 25.6 Å². The molecule has 1 N–H and O–H groups in total. The van der Waals surface area contributed by atoms with Gasteiger partial charge < -0.3 is 24.2 Å². The lowest BCUT2D eigenvalue weighted by Gasteiger charge is -2.19. The Kier molecular flexibility index (Phi) is 6.62. The number of carbonyl (C=O) groups is 1. The van der Waals surface area contributed by atoms with E-state index in [9.17, 15) is 4.79 Å². The Bertz CT molecular complexity index is 698. The quantitative estimate of drug-likeness (QED) is 0.743. The van der Waals surface area contributed by atoms with Crippen LogP contribution < -0.4 is 14.8 Å². The molecular formula is C17H24N4O4. The fraction of sp³-hybridized carbons (Fsp3) is 0.471. The highest BCUT2D eigenvalue weighted by Gasteiger charge is 2.13. The minimum Gasteiger partial charge on any atom is -0.493 e. The smallest absolute Gasteiger partial charge is 0.260 e. The minimum absolute atomic E-state index is 0.0374. The van der Waals surface area contributed by atoms with Gasteiger partial charge in [-0.1, -0.05) is 5.16 Å². The number of hydrogen-bond acceptors (Lipinski definition) is 7. The molecule has 1 aromatic carbocycles. The summed E-state index contributed by atoms with van der Waals surface area (Å²) < 4.78 is 16.0. The lowest BCUT2D eigenvalue weighted by molar-refractivity contribution is -0.132. The van der Waals surface area contributed by atoms with E-state index in [1.165, 1.54) is 0 Å². The maximum absolute atomic E-state index is 12.1. The van der Waals surface area contributed by atoms with Gasteiger partial charge in [-0.15, -0.1) is 0 Å². The van der Waals surface area contributed by atoms with Crippen molar-refractivity contribution in [3.63, 3.8) is 0 Å². The summed E-state index contributed by atoms with van der Waals surface area (Å²) in [6.07, 6.45) is 0. The number of aromatic nitrogens is 2.